The number of anilines is 2. The summed E-state index contributed by atoms with van der Waals surface area (Å²) in [6.07, 6.45) is 0.204. The summed E-state index contributed by atoms with van der Waals surface area (Å²) in [6, 6.07) is 14.0. The second-order valence-electron chi connectivity index (χ2n) is 4.65. The van der Waals surface area contributed by atoms with E-state index in [-0.39, 0.29) is 11.8 Å². The molecule has 0 aliphatic rings. The molecule has 2 rings (SSSR count). The summed E-state index contributed by atoms with van der Waals surface area (Å²) < 4.78 is 0. The van der Waals surface area contributed by atoms with E-state index in [2.05, 4.69) is 5.32 Å². The quantitative estimate of drug-likeness (QED) is 0.647. The summed E-state index contributed by atoms with van der Waals surface area (Å²) in [4.78, 5) is 10.5. The predicted octanol–water partition coefficient (Wildman–Crippen LogP) is 3.26. The van der Waals surface area contributed by atoms with Crippen molar-refractivity contribution in [3.63, 3.8) is 0 Å². The van der Waals surface area contributed by atoms with E-state index in [1.165, 1.54) is 6.07 Å². The third-order valence-corrected chi connectivity index (χ3v) is 2.86. The maximum Gasteiger partial charge on any atom is 0.292 e. The number of nitro groups is 1. The van der Waals surface area contributed by atoms with Gasteiger partial charge in [0.2, 0.25) is 0 Å². The van der Waals surface area contributed by atoms with E-state index < -0.39 is 4.92 Å². The van der Waals surface area contributed by atoms with Gasteiger partial charge < -0.3 is 10.4 Å². The van der Waals surface area contributed by atoms with Gasteiger partial charge in [0.1, 0.15) is 5.69 Å². The van der Waals surface area contributed by atoms with E-state index in [4.69, 9.17) is 0 Å². The minimum absolute atomic E-state index is 0.0422. The summed E-state index contributed by atoms with van der Waals surface area (Å²) >= 11 is 0. The second-order valence-corrected chi connectivity index (χ2v) is 4.65. The lowest BCUT2D eigenvalue weighted by Gasteiger charge is -2.09. The number of benzene rings is 2. The fourth-order valence-corrected chi connectivity index (χ4v) is 1.96. The molecule has 5 heteroatoms. The average molecular weight is 272 g/mol. The fraction of sp³-hybridized carbons (Fsp3) is 0.200. The molecule has 0 spiro atoms. The van der Waals surface area contributed by atoms with Crippen LogP contribution in [0.15, 0.2) is 48.5 Å². The van der Waals surface area contributed by atoms with Gasteiger partial charge in [0, 0.05) is 11.8 Å². The Hall–Kier alpha value is -2.40. The van der Waals surface area contributed by atoms with Crippen LogP contribution in [0.4, 0.5) is 17.1 Å². The zero-order valence-electron chi connectivity index (χ0n) is 11.1. The number of aliphatic hydroxyl groups excluding tert-OH is 1. The fourth-order valence-electron chi connectivity index (χ4n) is 1.96. The van der Waals surface area contributed by atoms with E-state index in [1.54, 1.807) is 25.1 Å². The van der Waals surface area contributed by atoms with Gasteiger partial charge in [-0.15, -0.1) is 0 Å². The number of hydrogen-bond acceptors (Lipinski definition) is 4. The second kappa shape index (κ2) is 6.16. The molecule has 0 saturated carbocycles. The highest BCUT2D eigenvalue weighted by Crippen LogP contribution is 2.27. The van der Waals surface area contributed by atoms with Crippen LogP contribution in [0, 0.1) is 10.1 Å². The average Bonchev–Trinajstić information content (AvgIpc) is 2.41. The summed E-state index contributed by atoms with van der Waals surface area (Å²) in [5.74, 6) is 0. The Kier molecular flexibility index (Phi) is 4.32. The van der Waals surface area contributed by atoms with Crippen LogP contribution in [0.3, 0.4) is 0 Å². The van der Waals surface area contributed by atoms with Gasteiger partial charge in [0.25, 0.3) is 5.69 Å². The number of nitrogens with one attached hydrogen (secondary N) is 1. The molecule has 104 valence electrons. The third-order valence-electron chi connectivity index (χ3n) is 2.86. The van der Waals surface area contributed by atoms with Crippen molar-refractivity contribution in [1.82, 2.24) is 0 Å². The first kappa shape index (κ1) is 14.0. The molecular weight excluding hydrogens is 256 g/mol. The SMILES string of the molecule is CC(O)Cc1ccc(Nc2ccccc2[N+](=O)[O-])cc1. The Morgan fingerprint density at radius 2 is 1.85 bits per heavy atom. The lowest BCUT2D eigenvalue weighted by Crippen LogP contribution is -2.04. The summed E-state index contributed by atoms with van der Waals surface area (Å²) in [6.45, 7) is 1.74. The number of aliphatic hydroxyl groups is 1. The number of hydrogen-bond donors (Lipinski definition) is 2. The first-order valence-electron chi connectivity index (χ1n) is 6.33. The van der Waals surface area contributed by atoms with Gasteiger partial charge in [-0.1, -0.05) is 24.3 Å². The van der Waals surface area contributed by atoms with Crippen LogP contribution in [0.25, 0.3) is 0 Å². The Balaban J connectivity index is 2.16. The maximum absolute atomic E-state index is 10.9. The van der Waals surface area contributed by atoms with Gasteiger partial charge >= 0.3 is 0 Å². The van der Waals surface area contributed by atoms with Crippen molar-refractivity contribution in [1.29, 1.82) is 0 Å². The molecule has 0 fully saturated rings. The minimum Gasteiger partial charge on any atom is -0.393 e. The monoisotopic (exact) mass is 272 g/mol. The summed E-state index contributed by atoms with van der Waals surface area (Å²) in [5, 5.41) is 23.3. The highest BCUT2D eigenvalue weighted by molar-refractivity contribution is 5.69. The Morgan fingerprint density at radius 1 is 1.20 bits per heavy atom. The van der Waals surface area contributed by atoms with Crippen molar-refractivity contribution in [2.75, 3.05) is 5.32 Å². The van der Waals surface area contributed by atoms with E-state index in [0.717, 1.165) is 11.3 Å². The lowest BCUT2D eigenvalue weighted by molar-refractivity contribution is -0.383. The molecule has 1 unspecified atom stereocenters. The summed E-state index contributed by atoms with van der Waals surface area (Å²) in [5.41, 5.74) is 2.29. The Morgan fingerprint density at radius 3 is 2.45 bits per heavy atom. The molecule has 0 aromatic heterocycles. The van der Waals surface area contributed by atoms with E-state index in [9.17, 15) is 15.2 Å². The van der Waals surface area contributed by atoms with E-state index >= 15 is 0 Å². The molecular formula is C15H16N2O3. The van der Waals surface area contributed by atoms with E-state index in [0.29, 0.717) is 12.1 Å². The Bertz CT molecular complexity index is 594. The van der Waals surface area contributed by atoms with Gasteiger partial charge in [0.15, 0.2) is 0 Å². The number of nitrogens with zero attached hydrogens (tertiary/aromatic N) is 1. The Labute approximate surface area is 117 Å². The van der Waals surface area contributed by atoms with E-state index in [1.807, 2.05) is 24.3 Å². The molecule has 0 amide bonds. The zero-order chi connectivity index (χ0) is 14.5. The van der Waals surface area contributed by atoms with Crippen molar-refractivity contribution in [3.8, 4) is 0 Å². The number of rotatable bonds is 5. The van der Waals surface area contributed by atoms with Crippen LogP contribution >= 0.6 is 0 Å². The van der Waals surface area contributed by atoms with Gasteiger partial charge in [0.05, 0.1) is 11.0 Å². The van der Waals surface area contributed by atoms with Crippen molar-refractivity contribution in [2.45, 2.75) is 19.4 Å². The van der Waals surface area contributed by atoms with Crippen molar-refractivity contribution < 1.29 is 10.0 Å². The minimum atomic E-state index is -0.413. The van der Waals surface area contributed by atoms with Gasteiger partial charge in [-0.2, -0.15) is 0 Å². The molecule has 0 bridgehead atoms. The maximum atomic E-state index is 10.9. The van der Waals surface area contributed by atoms with Crippen molar-refractivity contribution in [3.05, 3.63) is 64.2 Å². The van der Waals surface area contributed by atoms with Gasteiger partial charge in [-0.3, -0.25) is 10.1 Å². The predicted molar refractivity (Wildman–Crippen MR) is 78.2 cm³/mol. The first-order chi connectivity index (χ1) is 9.56. The molecule has 2 N–H and O–H groups in total. The van der Waals surface area contributed by atoms with Crippen LogP contribution in [0.1, 0.15) is 12.5 Å². The molecule has 20 heavy (non-hydrogen) atoms. The van der Waals surface area contributed by atoms with Crippen LogP contribution in [0.5, 0.6) is 0 Å². The van der Waals surface area contributed by atoms with Crippen LogP contribution < -0.4 is 5.32 Å². The number of nitro benzene ring substituents is 1. The molecule has 0 aliphatic carbocycles. The first-order valence-corrected chi connectivity index (χ1v) is 6.33. The van der Waals surface area contributed by atoms with Crippen LogP contribution in [0.2, 0.25) is 0 Å². The largest absolute Gasteiger partial charge is 0.393 e. The van der Waals surface area contributed by atoms with Crippen molar-refractivity contribution >= 4 is 17.1 Å². The highest BCUT2D eigenvalue weighted by Gasteiger charge is 2.12. The molecule has 5 nitrogen and oxygen atoms in total. The topological polar surface area (TPSA) is 75.4 Å². The molecule has 0 saturated heterocycles. The van der Waals surface area contributed by atoms with Crippen LogP contribution in [-0.2, 0) is 6.42 Å². The summed E-state index contributed by atoms with van der Waals surface area (Å²) in [7, 11) is 0. The number of para-hydroxylation sites is 2. The third kappa shape index (κ3) is 3.55. The molecule has 0 heterocycles. The molecule has 0 radical (unpaired) electrons. The molecule has 0 aliphatic heterocycles. The normalized spacial score (nSPS) is 11.9. The zero-order valence-corrected chi connectivity index (χ0v) is 11.1. The molecule has 2 aromatic rings. The highest BCUT2D eigenvalue weighted by atomic mass is 16.6. The van der Waals surface area contributed by atoms with Crippen molar-refractivity contribution in [2.24, 2.45) is 0 Å². The molecule has 1 atom stereocenters. The van der Waals surface area contributed by atoms with Gasteiger partial charge in [-0.25, -0.2) is 0 Å². The molecule has 2 aromatic carbocycles. The lowest BCUT2D eigenvalue weighted by atomic mass is 10.1. The standard InChI is InChI=1S/C15H16N2O3/c1-11(18)10-12-6-8-13(9-7-12)16-14-4-2-3-5-15(14)17(19)20/h2-9,11,16,18H,10H2,1H3. The van der Waals surface area contributed by atoms with Crippen LogP contribution in [-0.4, -0.2) is 16.1 Å². The van der Waals surface area contributed by atoms with Gasteiger partial charge in [-0.05, 0) is 37.1 Å². The smallest absolute Gasteiger partial charge is 0.292 e.